The monoisotopic (exact) mass is 227 g/mol. The van der Waals surface area contributed by atoms with Gasteiger partial charge in [-0.2, -0.15) is 0 Å². The van der Waals surface area contributed by atoms with Gasteiger partial charge < -0.3 is 10.3 Å². The van der Waals surface area contributed by atoms with Crippen LogP contribution < -0.4 is 5.32 Å². The van der Waals surface area contributed by atoms with E-state index in [1.807, 2.05) is 13.8 Å². The van der Waals surface area contributed by atoms with Crippen molar-refractivity contribution in [3.05, 3.63) is 0 Å². The summed E-state index contributed by atoms with van der Waals surface area (Å²) < 4.78 is 0. The lowest BCUT2D eigenvalue weighted by Gasteiger charge is -2.19. The molecule has 3 nitrogen and oxygen atoms in total. The Kier molecular flexibility index (Phi) is 7.68. The van der Waals surface area contributed by atoms with Crippen LogP contribution in [0.15, 0.2) is 0 Å². The van der Waals surface area contributed by atoms with E-state index in [0.29, 0.717) is 24.9 Å². The minimum Gasteiger partial charge on any atom is -0.450 e. The van der Waals surface area contributed by atoms with Crippen molar-refractivity contribution in [3.8, 4) is 0 Å². The third kappa shape index (κ3) is 7.88. The molecule has 0 unspecified atom stereocenters. The van der Waals surface area contributed by atoms with E-state index in [-0.39, 0.29) is 11.6 Å². The fourth-order valence-corrected chi connectivity index (χ4v) is 1.74. The van der Waals surface area contributed by atoms with Gasteiger partial charge in [0.2, 0.25) is 0 Å². The zero-order valence-electron chi connectivity index (χ0n) is 11.3. The van der Waals surface area contributed by atoms with Crippen LogP contribution in [0.1, 0.15) is 40.5 Å². The van der Waals surface area contributed by atoms with Gasteiger partial charge in [-0.05, 0) is 11.7 Å². The normalized spacial score (nSPS) is 13.2. The second kappa shape index (κ2) is 7.85. The highest BCUT2D eigenvalue weighted by atomic mass is 16.2. The second-order valence-electron chi connectivity index (χ2n) is 5.41. The third-order valence-electron chi connectivity index (χ3n) is 2.65. The largest absolute Gasteiger partial charge is 0.450 e. The predicted octanol–water partition coefficient (Wildman–Crippen LogP) is 1.97. The number of carbonyl (C=O) groups is 1. The van der Waals surface area contributed by atoms with Crippen LogP contribution in [0.25, 0.3) is 0 Å². The van der Waals surface area contributed by atoms with Crippen LogP contribution in [-0.4, -0.2) is 30.3 Å². The molecule has 0 bridgehead atoms. The summed E-state index contributed by atoms with van der Waals surface area (Å²) in [4.78, 5) is 11.7. The Morgan fingerprint density at radius 1 is 1.31 bits per heavy atom. The Morgan fingerprint density at radius 3 is 2.25 bits per heavy atom. The topological polar surface area (TPSA) is 49.3 Å². The van der Waals surface area contributed by atoms with E-state index in [9.17, 15) is 9.82 Å². The average molecular weight is 227 g/mol. The quantitative estimate of drug-likeness (QED) is 0.623. The summed E-state index contributed by atoms with van der Waals surface area (Å²) in [6.07, 6.45) is 1.39. The maximum atomic E-state index is 11.7. The van der Waals surface area contributed by atoms with Gasteiger partial charge in [0.25, 0.3) is 6.92 Å². The lowest BCUT2D eigenvalue weighted by atomic mass is 9.55. The van der Waals surface area contributed by atoms with E-state index in [2.05, 4.69) is 19.2 Å². The molecule has 0 spiro atoms. The van der Waals surface area contributed by atoms with Crippen LogP contribution in [0, 0.1) is 5.92 Å². The SMILES string of the molecule is CB(O)[C@@H](CC(=O)CNC(C)C)CC(C)C. The average Bonchev–Trinajstić information content (AvgIpc) is 2.12. The standard InChI is InChI=1S/C12H26BNO2/c1-9(2)6-11(13(5)16)7-12(15)8-14-10(3)4/h9-11,14,16H,6-8H2,1-5H3/t11-/m1/s1. The Morgan fingerprint density at radius 2 is 1.88 bits per heavy atom. The first-order valence-electron chi connectivity index (χ1n) is 6.26. The molecule has 0 aliphatic heterocycles. The highest BCUT2D eigenvalue weighted by Crippen LogP contribution is 2.23. The summed E-state index contributed by atoms with van der Waals surface area (Å²) in [6.45, 7) is 10.1. The summed E-state index contributed by atoms with van der Waals surface area (Å²) >= 11 is 0. The number of hydrogen-bond acceptors (Lipinski definition) is 3. The second-order valence-corrected chi connectivity index (χ2v) is 5.41. The Balaban J connectivity index is 4.03. The van der Waals surface area contributed by atoms with Gasteiger partial charge in [-0.3, -0.25) is 4.79 Å². The lowest BCUT2D eigenvalue weighted by molar-refractivity contribution is -0.118. The molecule has 4 heteroatoms. The van der Waals surface area contributed by atoms with Crippen LogP contribution in [0.3, 0.4) is 0 Å². The van der Waals surface area contributed by atoms with Gasteiger partial charge in [0.15, 0.2) is 0 Å². The molecule has 0 aromatic rings. The molecular formula is C12H26BNO2. The first-order chi connectivity index (χ1) is 7.32. The van der Waals surface area contributed by atoms with Crippen LogP contribution in [0.2, 0.25) is 12.6 Å². The molecule has 94 valence electrons. The smallest absolute Gasteiger partial charge is 0.289 e. The third-order valence-corrected chi connectivity index (χ3v) is 2.65. The first kappa shape index (κ1) is 15.7. The number of carbonyl (C=O) groups excluding carboxylic acids is 1. The van der Waals surface area contributed by atoms with Crippen molar-refractivity contribution in [1.29, 1.82) is 0 Å². The van der Waals surface area contributed by atoms with Crippen LogP contribution in [0.4, 0.5) is 0 Å². The van der Waals surface area contributed by atoms with E-state index in [1.165, 1.54) is 0 Å². The minimum atomic E-state index is -0.398. The van der Waals surface area contributed by atoms with Gasteiger partial charge in [0.05, 0.1) is 6.54 Å². The zero-order chi connectivity index (χ0) is 12.7. The molecule has 0 fully saturated rings. The Hall–Kier alpha value is -0.345. The molecule has 0 amide bonds. The van der Waals surface area contributed by atoms with Crippen molar-refractivity contribution in [3.63, 3.8) is 0 Å². The van der Waals surface area contributed by atoms with Gasteiger partial charge in [-0.1, -0.05) is 40.9 Å². The molecule has 0 aliphatic rings. The van der Waals surface area contributed by atoms with E-state index in [1.54, 1.807) is 6.82 Å². The highest BCUT2D eigenvalue weighted by molar-refractivity contribution is 6.50. The molecule has 0 aromatic heterocycles. The zero-order valence-corrected chi connectivity index (χ0v) is 11.3. The fraction of sp³-hybridized carbons (Fsp3) is 0.917. The maximum Gasteiger partial charge on any atom is 0.289 e. The molecule has 0 aromatic carbocycles. The summed E-state index contributed by atoms with van der Waals surface area (Å²) in [7, 11) is 0. The molecule has 0 heterocycles. The maximum absolute atomic E-state index is 11.7. The molecule has 0 saturated carbocycles. The summed E-state index contributed by atoms with van der Waals surface area (Å²) in [5.41, 5.74) is 0. The molecule has 0 saturated heterocycles. The molecule has 0 radical (unpaired) electrons. The minimum absolute atomic E-state index is 0.0986. The molecule has 0 rings (SSSR count). The van der Waals surface area contributed by atoms with Crippen molar-refractivity contribution in [2.24, 2.45) is 5.92 Å². The molecule has 1 atom stereocenters. The van der Waals surface area contributed by atoms with E-state index >= 15 is 0 Å². The summed E-state index contributed by atoms with van der Waals surface area (Å²) in [5, 5.41) is 12.7. The summed E-state index contributed by atoms with van der Waals surface area (Å²) in [6, 6.07) is 0.332. The Bertz CT molecular complexity index is 205. The van der Waals surface area contributed by atoms with Gasteiger partial charge in [-0.15, -0.1) is 0 Å². The Labute approximate surface area is 100 Å². The number of ketones is 1. The van der Waals surface area contributed by atoms with Crippen molar-refractivity contribution in [2.75, 3.05) is 6.54 Å². The summed E-state index contributed by atoms with van der Waals surface area (Å²) in [5.74, 6) is 0.812. The fourth-order valence-electron chi connectivity index (χ4n) is 1.74. The van der Waals surface area contributed by atoms with Gasteiger partial charge in [-0.25, -0.2) is 0 Å². The van der Waals surface area contributed by atoms with Gasteiger partial charge in [0.1, 0.15) is 5.78 Å². The number of rotatable bonds is 8. The van der Waals surface area contributed by atoms with Crippen molar-refractivity contribution < 1.29 is 9.82 Å². The van der Waals surface area contributed by atoms with Crippen molar-refractivity contribution >= 4 is 12.7 Å². The molecule has 0 aliphatic carbocycles. The molecule has 16 heavy (non-hydrogen) atoms. The van der Waals surface area contributed by atoms with Gasteiger partial charge in [0, 0.05) is 12.5 Å². The predicted molar refractivity (Wildman–Crippen MR) is 69.8 cm³/mol. The van der Waals surface area contributed by atoms with E-state index in [0.717, 1.165) is 6.42 Å². The number of Topliss-reactive ketones (excluding diaryl/α,β-unsaturated/α-hetero) is 1. The number of nitrogens with one attached hydrogen (secondary N) is 1. The van der Waals surface area contributed by atoms with Crippen LogP contribution >= 0.6 is 0 Å². The van der Waals surface area contributed by atoms with Gasteiger partial charge >= 0.3 is 0 Å². The first-order valence-corrected chi connectivity index (χ1v) is 6.26. The lowest BCUT2D eigenvalue weighted by Crippen LogP contribution is -2.31. The molecular weight excluding hydrogens is 201 g/mol. The highest BCUT2D eigenvalue weighted by Gasteiger charge is 2.23. The van der Waals surface area contributed by atoms with Crippen molar-refractivity contribution in [2.45, 2.75) is 59.2 Å². The van der Waals surface area contributed by atoms with Crippen molar-refractivity contribution in [1.82, 2.24) is 5.32 Å². The van der Waals surface area contributed by atoms with E-state index < -0.39 is 6.92 Å². The van der Waals surface area contributed by atoms with E-state index in [4.69, 9.17) is 0 Å². The van der Waals surface area contributed by atoms with Crippen LogP contribution in [0.5, 0.6) is 0 Å². The molecule has 2 N–H and O–H groups in total. The number of hydrogen-bond donors (Lipinski definition) is 2. The van der Waals surface area contributed by atoms with Crippen LogP contribution in [-0.2, 0) is 4.79 Å².